The predicted octanol–water partition coefficient (Wildman–Crippen LogP) is 4.57. The van der Waals surface area contributed by atoms with Crippen LogP contribution in [0.2, 0.25) is 0 Å². The molecule has 7 nitrogen and oxygen atoms in total. The summed E-state index contributed by atoms with van der Waals surface area (Å²) in [4.78, 5) is 27.8. The summed E-state index contributed by atoms with van der Waals surface area (Å²) < 4.78 is 37.1. The quantitative estimate of drug-likeness (QED) is 0.493. The van der Waals surface area contributed by atoms with Gasteiger partial charge in [0.25, 0.3) is 5.91 Å². The molecule has 9 heteroatoms. The van der Waals surface area contributed by atoms with Crippen molar-refractivity contribution in [3.63, 3.8) is 0 Å². The lowest BCUT2D eigenvalue weighted by atomic mass is 9.84. The lowest BCUT2D eigenvalue weighted by molar-refractivity contribution is -0.124. The van der Waals surface area contributed by atoms with Gasteiger partial charge in [0.15, 0.2) is 0 Å². The number of amides is 2. The van der Waals surface area contributed by atoms with Crippen molar-refractivity contribution in [1.29, 1.82) is 0 Å². The van der Waals surface area contributed by atoms with Crippen LogP contribution in [0.25, 0.3) is 0 Å². The van der Waals surface area contributed by atoms with Crippen molar-refractivity contribution < 1.29 is 22.4 Å². The van der Waals surface area contributed by atoms with Crippen LogP contribution in [0.4, 0.5) is 15.8 Å². The fourth-order valence-corrected chi connectivity index (χ4v) is 5.57. The van der Waals surface area contributed by atoms with Crippen molar-refractivity contribution >= 4 is 33.2 Å². The van der Waals surface area contributed by atoms with Gasteiger partial charge >= 0.3 is 0 Å². The molecule has 3 aromatic carbocycles. The molecular formula is C28H30FN3O4S. The van der Waals surface area contributed by atoms with Crippen LogP contribution in [-0.4, -0.2) is 26.8 Å². The number of nitrogens with two attached hydrogens (primary N) is 1. The third kappa shape index (κ3) is 5.89. The predicted molar refractivity (Wildman–Crippen MR) is 141 cm³/mol. The highest BCUT2D eigenvalue weighted by molar-refractivity contribution is 7.89. The molecule has 0 saturated carbocycles. The Hall–Kier alpha value is -3.56. The molecule has 1 aliphatic heterocycles. The minimum Gasteiger partial charge on any atom is -0.322 e. The molecule has 0 aromatic heterocycles. The van der Waals surface area contributed by atoms with Crippen LogP contribution < -0.4 is 15.4 Å². The van der Waals surface area contributed by atoms with E-state index in [1.165, 1.54) is 30.3 Å². The molecule has 1 fully saturated rings. The van der Waals surface area contributed by atoms with Crippen molar-refractivity contribution in [2.45, 2.75) is 38.5 Å². The molecule has 0 radical (unpaired) electrons. The zero-order valence-electron chi connectivity index (χ0n) is 21.0. The summed E-state index contributed by atoms with van der Waals surface area (Å²) in [6, 6.07) is 15.8. The number of rotatable bonds is 6. The lowest BCUT2D eigenvalue weighted by Gasteiger charge is -2.38. The summed E-state index contributed by atoms with van der Waals surface area (Å²) in [6.07, 6.45) is 1.23. The molecule has 0 aliphatic carbocycles. The summed E-state index contributed by atoms with van der Waals surface area (Å²) in [6.45, 7) is 6.09. The Bertz CT molecular complexity index is 1430. The average Bonchev–Trinajstić information content (AvgIpc) is 2.82. The fraction of sp³-hybridized carbons (Fsp3) is 0.286. The monoisotopic (exact) mass is 523 g/mol. The number of sulfonamides is 1. The maximum atomic E-state index is 14.3. The Kier molecular flexibility index (Phi) is 7.47. The number of hydrogen-bond acceptors (Lipinski definition) is 4. The Morgan fingerprint density at radius 2 is 1.70 bits per heavy atom. The van der Waals surface area contributed by atoms with Gasteiger partial charge in [-0.05, 0) is 91.8 Å². The van der Waals surface area contributed by atoms with E-state index in [2.05, 4.69) is 5.32 Å². The average molecular weight is 524 g/mol. The Morgan fingerprint density at radius 3 is 2.30 bits per heavy atom. The van der Waals surface area contributed by atoms with E-state index in [0.717, 1.165) is 16.8 Å². The highest BCUT2D eigenvalue weighted by Crippen LogP contribution is 2.34. The van der Waals surface area contributed by atoms with Crippen LogP contribution in [0.1, 0.15) is 40.4 Å². The number of hydrogen-bond donors (Lipinski definition) is 2. The third-order valence-corrected chi connectivity index (χ3v) is 7.67. The second-order valence-corrected chi connectivity index (χ2v) is 11.3. The summed E-state index contributed by atoms with van der Waals surface area (Å²) in [5.41, 5.74) is 3.81. The van der Waals surface area contributed by atoms with Crippen LogP contribution >= 0.6 is 0 Å². The molecule has 37 heavy (non-hydrogen) atoms. The number of nitrogens with zero attached hydrogens (tertiary/aromatic N) is 1. The van der Waals surface area contributed by atoms with Gasteiger partial charge in [-0.15, -0.1) is 0 Å². The first-order chi connectivity index (χ1) is 17.4. The fourth-order valence-electron chi connectivity index (χ4n) is 5.06. The first-order valence-electron chi connectivity index (χ1n) is 12.0. The minimum atomic E-state index is -3.82. The van der Waals surface area contributed by atoms with Gasteiger partial charge in [0.1, 0.15) is 5.82 Å². The highest BCUT2D eigenvalue weighted by atomic mass is 32.2. The van der Waals surface area contributed by atoms with E-state index in [-0.39, 0.29) is 34.4 Å². The van der Waals surface area contributed by atoms with E-state index < -0.39 is 10.0 Å². The molecule has 0 unspecified atom stereocenters. The van der Waals surface area contributed by atoms with E-state index in [4.69, 9.17) is 5.14 Å². The second-order valence-electron chi connectivity index (χ2n) is 9.73. The molecule has 1 aliphatic rings. The van der Waals surface area contributed by atoms with Crippen molar-refractivity contribution in [2.75, 3.05) is 16.8 Å². The Balaban J connectivity index is 1.55. The van der Waals surface area contributed by atoms with Crippen molar-refractivity contribution in [3.05, 3.63) is 88.7 Å². The number of primary sulfonamides is 1. The molecular weight excluding hydrogens is 493 g/mol. The largest absolute Gasteiger partial charge is 0.322 e. The molecule has 3 N–H and O–H groups in total. The number of piperidine rings is 1. The van der Waals surface area contributed by atoms with Crippen LogP contribution in [0.15, 0.2) is 65.6 Å². The van der Waals surface area contributed by atoms with Gasteiger partial charge in [-0.25, -0.2) is 17.9 Å². The lowest BCUT2D eigenvalue weighted by Crippen LogP contribution is -2.46. The second kappa shape index (κ2) is 10.4. The normalized spacial score (nSPS) is 18.1. The summed E-state index contributed by atoms with van der Waals surface area (Å²) in [5, 5.41) is 7.88. The molecule has 194 valence electrons. The van der Waals surface area contributed by atoms with Crippen LogP contribution in [0.5, 0.6) is 0 Å². The van der Waals surface area contributed by atoms with Crippen molar-refractivity contribution in [1.82, 2.24) is 0 Å². The molecule has 1 saturated heterocycles. The van der Waals surface area contributed by atoms with Crippen LogP contribution in [0, 0.1) is 31.5 Å². The topological polar surface area (TPSA) is 110 Å². The molecule has 4 rings (SSSR count). The zero-order chi connectivity index (χ0) is 26.9. The van der Waals surface area contributed by atoms with Gasteiger partial charge in [-0.3, -0.25) is 9.59 Å². The summed E-state index contributed by atoms with van der Waals surface area (Å²) in [7, 11) is -3.82. The van der Waals surface area contributed by atoms with Gasteiger partial charge in [-0.2, -0.15) is 0 Å². The number of benzene rings is 3. The first-order valence-corrected chi connectivity index (χ1v) is 13.6. The maximum Gasteiger partial charge on any atom is 0.255 e. The molecule has 2 amide bonds. The molecule has 3 aromatic rings. The maximum absolute atomic E-state index is 14.3. The molecule has 0 bridgehead atoms. The summed E-state index contributed by atoms with van der Waals surface area (Å²) >= 11 is 0. The smallest absolute Gasteiger partial charge is 0.255 e. The molecule has 1 heterocycles. The van der Waals surface area contributed by atoms with E-state index >= 15 is 0 Å². The Morgan fingerprint density at radius 1 is 1.08 bits per heavy atom. The first kappa shape index (κ1) is 26.5. The van der Waals surface area contributed by atoms with Crippen molar-refractivity contribution in [2.24, 2.45) is 17.0 Å². The number of halogens is 1. The van der Waals surface area contributed by atoms with Gasteiger partial charge in [0, 0.05) is 29.4 Å². The standard InChI is InChI=1S/C28H30FN3O4S/c1-17-13-22(27(33)31-23-8-10-24(11-9-23)37(30,35)36)14-18(2)26(17)32-16-20(12-19(3)28(32)34)15-21-6-4-5-7-25(21)29/h4-11,13-14,19-20H,12,15-16H2,1-3H3,(H,31,33)(H2,30,35,36)/t19-,20-/m1/s1. The SMILES string of the molecule is Cc1cc(C(=O)Nc2ccc(S(N)(=O)=O)cc2)cc(C)c1N1C[C@@H](Cc2ccccc2F)C[C@@H](C)C1=O. The number of aryl methyl sites for hydroxylation is 2. The van der Waals surface area contributed by atoms with Crippen molar-refractivity contribution in [3.8, 4) is 0 Å². The van der Waals surface area contributed by atoms with E-state index in [9.17, 15) is 22.4 Å². The molecule has 2 atom stereocenters. The zero-order valence-corrected chi connectivity index (χ0v) is 21.8. The van der Waals surface area contributed by atoms with Gasteiger partial charge in [0.05, 0.1) is 4.90 Å². The van der Waals surface area contributed by atoms with Gasteiger partial charge < -0.3 is 10.2 Å². The minimum absolute atomic E-state index is 0.0168. The van der Waals surface area contributed by atoms with E-state index in [0.29, 0.717) is 36.2 Å². The van der Waals surface area contributed by atoms with Crippen LogP contribution in [-0.2, 0) is 21.2 Å². The summed E-state index contributed by atoms with van der Waals surface area (Å²) in [5.74, 6) is -0.681. The third-order valence-electron chi connectivity index (χ3n) is 6.75. The number of anilines is 2. The number of nitrogens with one attached hydrogen (secondary N) is 1. The number of carbonyl (C=O) groups is 2. The van der Waals surface area contributed by atoms with E-state index in [1.54, 1.807) is 29.2 Å². The Labute approximate surface area is 216 Å². The van der Waals surface area contributed by atoms with Gasteiger partial charge in [-0.1, -0.05) is 25.1 Å². The van der Waals surface area contributed by atoms with Gasteiger partial charge in [0.2, 0.25) is 15.9 Å². The number of carbonyl (C=O) groups excluding carboxylic acids is 2. The highest BCUT2D eigenvalue weighted by Gasteiger charge is 2.34. The van der Waals surface area contributed by atoms with Crippen LogP contribution in [0.3, 0.4) is 0 Å². The van der Waals surface area contributed by atoms with E-state index in [1.807, 2.05) is 26.8 Å². The molecule has 0 spiro atoms.